The Morgan fingerprint density at radius 3 is 2.75 bits per heavy atom. The Labute approximate surface area is 132 Å². The zero-order valence-electron chi connectivity index (χ0n) is 10.3. The van der Waals surface area contributed by atoms with Crippen LogP contribution in [-0.2, 0) is 6.61 Å². The summed E-state index contributed by atoms with van der Waals surface area (Å²) in [4.78, 5) is 4.06. The molecule has 3 N–H and O–H groups in total. The molecule has 0 aliphatic carbocycles. The first-order chi connectivity index (χ1) is 9.60. The highest BCUT2D eigenvalue weighted by Gasteiger charge is 2.09. The maximum Gasteiger partial charge on any atom is 0.173 e. The quantitative estimate of drug-likeness (QED) is 0.357. The van der Waals surface area contributed by atoms with Gasteiger partial charge in [0.05, 0.1) is 5.56 Å². The van der Waals surface area contributed by atoms with E-state index in [1.165, 1.54) is 0 Å². The van der Waals surface area contributed by atoms with Gasteiger partial charge in [0.15, 0.2) is 5.84 Å². The lowest BCUT2D eigenvalue weighted by molar-refractivity contribution is 0.302. The number of halogens is 2. The maximum atomic E-state index is 8.80. The van der Waals surface area contributed by atoms with Gasteiger partial charge in [-0.25, -0.2) is 0 Å². The van der Waals surface area contributed by atoms with E-state index in [9.17, 15) is 0 Å². The van der Waals surface area contributed by atoms with Gasteiger partial charge in [0, 0.05) is 26.9 Å². The molecule has 0 radical (unpaired) electrons. The van der Waals surface area contributed by atoms with Gasteiger partial charge in [0.1, 0.15) is 12.4 Å². The summed E-state index contributed by atoms with van der Waals surface area (Å²) in [5.74, 6) is 0.525. The molecule has 20 heavy (non-hydrogen) atoms. The van der Waals surface area contributed by atoms with Gasteiger partial charge in [-0.2, -0.15) is 0 Å². The van der Waals surface area contributed by atoms with Crippen LogP contribution in [0.5, 0.6) is 5.75 Å². The van der Waals surface area contributed by atoms with Crippen molar-refractivity contribution in [2.45, 2.75) is 6.61 Å². The number of hydrogen-bond donors (Lipinski definition) is 2. The highest BCUT2D eigenvalue weighted by atomic mass is 79.9. The first-order valence-corrected chi connectivity index (χ1v) is 7.18. The lowest BCUT2D eigenvalue weighted by Crippen LogP contribution is -2.15. The Balaban J connectivity index is 2.21. The normalized spacial score (nSPS) is 11.4. The molecule has 0 fully saturated rings. The minimum atomic E-state index is -0.00586. The van der Waals surface area contributed by atoms with E-state index >= 15 is 0 Å². The summed E-state index contributed by atoms with van der Waals surface area (Å²) >= 11 is 6.69. The Hall–Kier alpha value is -1.60. The van der Waals surface area contributed by atoms with Gasteiger partial charge in [-0.1, -0.05) is 21.1 Å². The topological polar surface area (TPSA) is 80.7 Å². The molecule has 0 saturated heterocycles. The van der Waals surface area contributed by atoms with E-state index in [1.54, 1.807) is 24.5 Å². The third-order valence-corrected chi connectivity index (χ3v) is 3.41. The van der Waals surface area contributed by atoms with Gasteiger partial charge >= 0.3 is 0 Å². The zero-order chi connectivity index (χ0) is 14.5. The average molecular weight is 401 g/mol. The molecule has 0 aliphatic rings. The summed E-state index contributed by atoms with van der Waals surface area (Å²) < 4.78 is 7.40. The molecule has 0 saturated carbocycles. The number of oxime groups is 1. The highest BCUT2D eigenvalue weighted by molar-refractivity contribution is 9.10. The number of benzene rings is 1. The maximum absolute atomic E-state index is 8.80. The van der Waals surface area contributed by atoms with Crippen molar-refractivity contribution in [2.75, 3.05) is 0 Å². The van der Waals surface area contributed by atoms with Crippen LogP contribution in [-0.4, -0.2) is 16.0 Å². The van der Waals surface area contributed by atoms with Gasteiger partial charge in [-0.3, -0.25) is 4.98 Å². The lowest BCUT2D eigenvalue weighted by Gasteiger charge is -2.11. The summed E-state index contributed by atoms with van der Waals surface area (Å²) in [6, 6.07) is 7.21. The van der Waals surface area contributed by atoms with Crippen LogP contribution < -0.4 is 10.5 Å². The molecule has 2 rings (SSSR count). The number of pyridine rings is 1. The van der Waals surface area contributed by atoms with Crippen molar-refractivity contribution in [3.63, 3.8) is 0 Å². The molecule has 0 amide bonds. The van der Waals surface area contributed by atoms with E-state index in [4.69, 9.17) is 15.7 Å². The van der Waals surface area contributed by atoms with Crippen molar-refractivity contribution >= 4 is 37.7 Å². The monoisotopic (exact) mass is 399 g/mol. The van der Waals surface area contributed by atoms with Crippen LogP contribution in [0, 0.1) is 0 Å². The number of amidine groups is 1. The molecular formula is C13H11Br2N3O2. The minimum absolute atomic E-state index is 0.00586. The van der Waals surface area contributed by atoms with Gasteiger partial charge in [-0.05, 0) is 40.2 Å². The van der Waals surface area contributed by atoms with Gasteiger partial charge in [0.2, 0.25) is 0 Å². The molecule has 0 atom stereocenters. The van der Waals surface area contributed by atoms with Crippen molar-refractivity contribution in [1.29, 1.82) is 0 Å². The Bertz CT molecular complexity index is 647. The van der Waals surface area contributed by atoms with Gasteiger partial charge in [-0.15, -0.1) is 0 Å². The molecule has 0 bridgehead atoms. The van der Waals surface area contributed by atoms with Crippen LogP contribution in [0.15, 0.2) is 50.8 Å². The Kier molecular flexibility index (Phi) is 4.97. The van der Waals surface area contributed by atoms with Crippen molar-refractivity contribution in [3.05, 3.63) is 56.7 Å². The molecule has 1 aromatic heterocycles. The average Bonchev–Trinajstić information content (AvgIpc) is 2.45. The SMILES string of the molecule is N/C(=N/O)c1cc(Br)ccc1OCc1cncc(Br)c1. The standard InChI is InChI=1S/C13H11Br2N3O2/c14-9-1-2-12(11(4-9)13(16)18-19)20-7-8-3-10(15)6-17-5-8/h1-6,19H,7H2,(H2,16,18). The van der Waals surface area contributed by atoms with Crippen molar-refractivity contribution in [2.24, 2.45) is 10.9 Å². The van der Waals surface area contributed by atoms with E-state index in [-0.39, 0.29) is 5.84 Å². The third-order valence-electron chi connectivity index (χ3n) is 2.48. The molecule has 0 aliphatic heterocycles. The second kappa shape index (κ2) is 6.71. The summed E-state index contributed by atoms with van der Waals surface area (Å²) in [5.41, 5.74) is 7.06. The second-order valence-corrected chi connectivity index (χ2v) is 5.76. The van der Waals surface area contributed by atoms with E-state index < -0.39 is 0 Å². The number of ether oxygens (including phenoxy) is 1. The first kappa shape index (κ1) is 14.8. The van der Waals surface area contributed by atoms with Crippen LogP contribution in [0.4, 0.5) is 0 Å². The van der Waals surface area contributed by atoms with Crippen molar-refractivity contribution in [1.82, 2.24) is 4.98 Å². The third kappa shape index (κ3) is 3.71. The number of aromatic nitrogens is 1. The molecule has 7 heteroatoms. The number of rotatable bonds is 4. The second-order valence-electron chi connectivity index (χ2n) is 3.93. The highest BCUT2D eigenvalue weighted by Crippen LogP contribution is 2.24. The fourth-order valence-corrected chi connectivity index (χ4v) is 2.35. The van der Waals surface area contributed by atoms with Crippen LogP contribution in [0.1, 0.15) is 11.1 Å². The first-order valence-electron chi connectivity index (χ1n) is 5.60. The predicted octanol–water partition coefficient (Wildman–Crippen LogP) is 3.28. The summed E-state index contributed by atoms with van der Waals surface area (Å²) in [5, 5.41) is 11.8. The fourth-order valence-electron chi connectivity index (χ4n) is 1.58. The summed E-state index contributed by atoms with van der Waals surface area (Å²) in [6.07, 6.45) is 3.41. The van der Waals surface area contributed by atoms with Crippen LogP contribution in [0.3, 0.4) is 0 Å². The zero-order valence-corrected chi connectivity index (χ0v) is 13.4. The van der Waals surface area contributed by atoms with Gasteiger partial charge < -0.3 is 15.7 Å². The molecule has 5 nitrogen and oxygen atoms in total. The molecule has 0 unspecified atom stereocenters. The van der Waals surface area contributed by atoms with Crippen LogP contribution in [0.25, 0.3) is 0 Å². The van der Waals surface area contributed by atoms with E-state index in [0.717, 1.165) is 14.5 Å². The Morgan fingerprint density at radius 2 is 2.05 bits per heavy atom. The van der Waals surface area contributed by atoms with E-state index in [0.29, 0.717) is 17.9 Å². The summed E-state index contributed by atoms with van der Waals surface area (Å²) in [6.45, 7) is 0.333. The van der Waals surface area contributed by atoms with Gasteiger partial charge in [0.25, 0.3) is 0 Å². The van der Waals surface area contributed by atoms with E-state index in [1.807, 2.05) is 12.1 Å². The molecule has 1 heterocycles. The number of nitrogens with zero attached hydrogens (tertiary/aromatic N) is 2. The van der Waals surface area contributed by atoms with Crippen molar-refractivity contribution in [3.8, 4) is 5.75 Å². The summed E-state index contributed by atoms with van der Waals surface area (Å²) in [7, 11) is 0. The molecule has 2 aromatic rings. The number of hydrogen-bond acceptors (Lipinski definition) is 4. The molecule has 1 aromatic carbocycles. The Morgan fingerprint density at radius 1 is 1.25 bits per heavy atom. The van der Waals surface area contributed by atoms with Crippen molar-refractivity contribution < 1.29 is 9.94 Å². The molecular weight excluding hydrogens is 390 g/mol. The van der Waals surface area contributed by atoms with Crippen LogP contribution in [0.2, 0.25) is 0 Å². The molecule has 0 spiro atoms. The largest absolute Gasteiger partial charge is 0.488 e. The van der Waals surface area contributed by atoms with E-state index in [2.05, 4.69) is 42.0 Å². The minimum Gasteiger partial charge on any atom is -0.488 e. The predicted molar refractivity (Wildman–Crippen MR) is 82.9 cm³/mol. The smallest absolute Gasteiger partial charge is 0.173 e. The van der Waals surface area contributed by atoms with Crippen LogP contribution >= 0.6 is 31.9 Å². The molecule has 104 valence electrons. The number of nitrogens with two attached hydrogens (primary N) is 1. The fraction of sp³-hybridized carbons (Fsp3) is 0.0769. The lowest BCUT2D eigenvalue weighted by atomic mass is 10.2.